The van der Waals surface area contributed by atoms with E-state index < -0.39 is 21.6 Å². The number of hydrogen-bond donors (Lipinski definition) is 0. The molecule has 1 rings (SSSR count). The Morgan fingerprint density at radius 3 is 2.00 bits per heavy atom. The van der Waals surface area contributed by atoms with E-state index in [0.717, 1.165) is 0 Å². The van der Waals surface area contributed by atoms with Crippen LogP contribution in [0.4, 0.5) is 0 Å². The van der Waals surface area contributed by atoms with Crippen LogP contribution in [-0.4, -0.2) is 39.0 Å². The van der Waals surface area contributed by atoms with Crippen LogP contribution in [0.2, 0.25) is 0 Å². The largest absolute Gasteiger partial charge is 0.485 e. The minimum absolute atomic E-state index is 0.0954. The highest BCUT2D eigenvalue weighted by molar-refractivity contribution is 4.97. The van der Waals surface area contributed by atoms with Gasteiger partial charge in [0.15, 0.2) is 6.04 Å². The van der Waals surface area contributed by atoms with Gasteiger partial charge in [-0.05, 0) is 20.8 Å². The van der Waals surface area contributed by atoms with Crippen LogP contribution in [0.25, 0.3) is 0 Å². The third-order valence-corrected chi connectivity index (χ3v) is 2.88. The molecule has 1 saturated heterocycles. The molecule has 0 amide bonds. The van der Waals surface area contributed by atoms with Crippen LogP contribution in [0.3, 0.4) is 0 Å². The minimum atomic E-state index is -2.00. The van der Waals surface area contributed by atoms with Crippen LogP contribution in [0.15, 0.2) is 0 Å². The third kappa shape index (κ3) is 1.16. The Morgan fingerprint density at radius 2 is 1.79 bits per heavy atom. The lowest BCUT2D eigenvalue weighted by molar-refractivity contribution is -0.820. The minimum Gasteiger partial charge on any atom is -0.272 e. The highest BCUT2D eigenvalue weighted by Crippen LogP contribution is 2.34. The fraction of sp³-hybridized carbons (Fsp3) is 1.00. The molecule has 80 valence electrons. The third-order valence-electron chi connectivity index (χ3n) is 2.88. The first-order chi connectivity index (χ1) is 6.34. The smallest absolute Gasteiger partial charge is 0.272 e. The van der Waals surface area contributed by atoms with Crippen molar-refractivity contribution in [2.45, 2.75) is 38.5 Å². The first-order valence-electron chi connectivity index (χ1n) is 4.38. The van der Waals surface area contributed by atoms with Gasteiger partial charge in [0.05, 0.1) is 0 Å². The quantitative estimate of drug-likeness (QED) is 0.375. The van der Waals surface area contributed by atoms with Gasteiger partial charge in [0, 0.05) is 6.04 Å². The van der Waals surface area contributed by atoms with Gasteiger partial charge in [0.2, 0.25) is 0 Å². The summed E-state index contributed by atoms with van der Waals surface area (Å²) in [5, 5.41) is 21.3. The fourth-order valence-electron chi connectivity index (χ4n) is 1.81. The molecule has 0 bridgehead atoms. The van der Waals surface area contributed by atoms with Crippen molar-refractivity contribution in [1.29, 1.82) is 0 Å². The van der Waals surface area contributed by atoms with E-state index >= 15 is 0 Å². The molecular formula is C7H13N3O4. The molecule has 1 heterocycles. The second-order valence-corrected chi connectivity index (χ2v) is 3.83. The van der Waals surface area contributed by atoms with Crippen LogP contribution < -0.4 is 0 Å². The number of rotatable bonds is 3. The van der Waals surface area contributed by atoms with Crippen molar-refractivity contribution in [3.8, 4) is 0 Å². The Balaban J connectivity index is 2.89. The maximum Gasteiger partial charge on any atom is 0.485 e. The first-order valence-corrected chi connectivity index (χ1v) is 4.38. The van der Waals surface area contributed by atoms with E-state index in [1.165, 1.54) is 6.92 Å². The Bertz CT molecular complexity index is 264. The molecule has 1 aliphatic heterocycles. The summed E-state index contributed by atoms with van der Waals surface area (Å²) in [6.45, 7) is 5.14. The molecule has 1 aliphatic rings. The van der Waals surface area contributed by atoms with Crippen molar-refractivity contribution in [3.63, 3.8) is 0 Å². The Labute approximate surface area is 81.0 Å². The van der Waals surface area contributed by atoms with Crippen molar-refractivity contribution in [1.82, 2.24) is 4.90 Å². The molecular weight excluding hydrogens is 190 g/mol. The predicted molar refractivity (Wildman–Crippen MR) is 48.0 cm³/mol. The number of nitrogens with zero attached hydrogens (tertiary/aromatic N) is 3. The highest BCUT2D eigenvalue weighted by Gasteiger charge is 2.72. The second-order valence-electron chi connectivity index (χ2n) is 3.83. The second kappa shape index (κ2) is 3.16. The standard InChI is InChI=1S/C7H13N3O4/c1-5(2)8-4-7(6(8)3,9(11)12)10(13)14/h5-6H,4H2,1-3H3. The van der Waals surface area contributed by atoms with Gasteiger partial charge in [0.25, 0.3) is 0 Å². The molecule has 0 radical (unpaired) electrons. The van der Waals surface area contributed by atoms with Crippen molar-refractivity contribution >= 4 is 0 Å². The summed E-state index contributed by atoms with van der Waals surface area (Å²) in [6, 6.07) is -0.550. The number of likely N-dealkylation sites (tertiary alicyclic amines) is 1. The zero-order valence-corrected chi connectivity index (χ0v) is 8.34. The van der Waals surface area contributed by atoms with Crippen molar-refractivity contribution in [2.24, 2.45) is 0 Å². The monoisotopic (exact) mass is 203 g/mol. The molecule has 0 aromatic rings. The normalized spacial score (nSPS) is 25.9. The average molecular weight is 203 g/mol. The summed E-state index contributed by atoms with van der Waals surface area (Å²) in [7, 11) is 0. The van der Waals surface area contributed by atoms with Gasteiger partial charge >= 0.3 is 5.66 Å². The maximum absolute atomic E-state index is 10.7. The van der Waals surface area contributed by atoms with Crippen molar-refractivity contribution in [2.75, 3.05) is 6.54 Å². The topological polar surface area (TPSA) is 89.5 Å². The zero-order chi connectivity index (χ0) is 11.1. The first kappa shape index (κ1) is 10.8. The zero-order valence-electron chi connectivity index (χ0n) is 8.34. The molecule has 14 heavy (non-hydrogen) atoms. The summed E-state index contributed by atoms with van der Waals surface area (Å²) in [5.41, 5.74) is -2.00. The van der Waals surface area contributed by atoms with Gasteiger partial charge in [-0.25, -0.2) is 0 Å². The summed E-state index contributed by atoms with van der Waals surface area (Å²) < 4.78 is 0. The molecule has 7 nitrogen and oxygen atoms in total. The van der Waals surface area contributed by atoms with Gasteiger partial charge in [0.1, 0.15) is 16.4 Å². The predicted octanol–water partition coefficient (Wildman–Crippen LogP) is 0.349. The summed E-state index contributed by atoms with van der Waals surface area (Å²) >= 11 is 0. The van der Waals surface area contributed by atoms with E-state index in [2.05, 4.69) is 0 Å². The highest BCUT2D eigenvalue weighted by atomic mass is 16.7. The summed E-state index contributed by atoms with van der Waals surface area (Å²) in [5.74, 6) is 0. The van der Waals surface area contributed by atoms with Crippen LogP contribution >= 0.6 is 0 Å². The number of nitro groups is 2. The Kier molecular flexibility index (Phi) is 2.45. The summed E-state index contributed by atoms with van der Waals surface area (Å²) in [6.07, 6.45) is 0. The van der Waals surface area contributed by atoms with Gasteiger partial charge in [-0.1, -0.05) is 0 Å². The van der Waals surface area contributed by atoms with E-state index in [0.29, 0.717) is 0 Å². The molecule has 1 fully saturated rings. The fourth-order valence-corrected chi connectivity index (χ4v) is 1.81. The van der Waals surface area contributed by atoms with Gasteiger partial charge in [-0.2, -0.15) is 0 Å². The van der Waals surface area contributed by atoms with E-state index in [-0.39, 0.29) is 12.6 Å². The van der Waals surface area contributed by atoms with Crippen molar-refractivity contribution < 1.29 is 9.85 Å². The van der Waals surface area contributed by atoms with Gasteiger partial charge in [-0.3, -0.25) is 25.1 Å². The van der Waals surface area contributed by atoms with Gasteiger partial charge in [-0.15, -0.1) is 0 Å². The Morgan fingerprint density at radius 1 is 1.36 bits per heavy atom. The summed E-state index contributed by atoms with van der Waals surface area (Å²) in [4.78, 5) is 21.5. The van der Waals surface area contributed by atoms with E-state index in [9.17, 15) is 20.2 Å². The van der Waals surface area contributed by atoms with Gasteiger partial charge < -0.3 is 0 Å². The molecule has 0 spiro atoms. The SMILES string of the molecule is CC(C)N1CC([N+](=O)[O-])([N+](=O)[O-])C1C. The molecule has 0 N–H and O–H groups in total. The maximum atomic E-state index is 10.7. The van der Waals surface area contributed by atoms with Crippen LogP contribution in [-0.2, 0) is 0 Å². The van der Waals surface area contributed by atoms with Crippen LogP contribution in [0, 0.1) is 20.2 Å². The Hall–Kier alpha value is -1.24. The van der Waals surface area contributed by atoms with E-state index in [4.69, 9.17) is 0 Å². The lowest BCUT2D eigenvalue weighted by Gasteiger charge is -2.44. The van der Waals surface area contributed by atoms with Crippen LogP contribution in [0.1, 0.15) is 20.8 Å². The molecule has 0 aromatic heterocycles. The van der Waals surface area contributed by atoms with E-state index in [1.54, 1.807) is 4.90 Å². The van der Waals surface area contributed by atoms with Crippen molar-refractivity contribution in [3.05, 3.63) is 20.2 Å². The molecule has 1 unspecified atom stereocenters. The van der Waals surface area contributed by atoms with Crippen LogP contribution in [0.5, 0.6) is 0 Å². The average Bonchev–Trinajstić information content (AvgIpc) is 2.00. The molecule has 1 atom stereocenters. The molecule has 7 heteroatoms. The molecule has 0 aromatic carbocycles. The molecule has 0 saturated carbocycles. The number of hydrogen-bond acceptors (Lipinski definition) is 5. The lowest BCUT2D eigenvalue weighted by atomic mass is 9.89. The lowest BCUT2D eigenvalue weighted by Crippen LogP contribution is -2.76. The molecule has 0 aliphatic carbocycles. The van der Waals surface area contributed by atoms with E-state index in [1.807, 2.05) is 13.8 Å².